The third-order valence-electron chi connectivity index (χ3n) is 0.960. The van der Waals surface area contributed by atoms with Crippen LogP contribution >= 0.6 is 27.5 Å². The fourth-order valence-corrected chi connectivity index (χ4v) is 0.906. The van der Waals surface area contributed by atoms with Gasteiger partial charge in [-0.3, -0.25) is 0 Å². The Kier molecular flexibility index (Phi) is 2.11. The second kappa shape index (κ2) is 2.72. The summed E-state index contributed by atoms with van der Waals surface area (Å²) in [6.45, 7) is 0. The molecule has 0 amide bonds. The molecular formula is C5H3BrClFN2. The third kappa shape index (κ3) is 1.22. The number of aromatic nitrogens is 1. The minimum atomic E-state index is -0.569. The average Bonchev–Trinajstić information content (AvgIpc) is 1.93. The minimum absolute atomic E-state index is 0.0132. The number of nitrogens with two attached hydrogens (primary N) is 1. The molecule has 2 nitrogen and oxygen atoms in total. The molecule has 0 aliphatic rings. The fourth-order valence-electron chi connectivity index (χ4n) is 0.459. The van der Waals surface area contributed by atoms with Gasteiger partial charge in [-0.25, -0.2) is 9.37 Å². The monoisotopic (exact) mass is 224 g/mol. The number of nitrogens with zero attached hydrogens (tertiary/aromatic N) is 1. The summed E-state index contributed by atoms with van der Waals surface area (Å²) in [5, 5.41) is -0.0132. The van der Waals surface area contributed by atoms with Crippen LogP contribution < -0.4 is 5.73 Å². The summed E-state index contributed by atoms with van der Waals surface area (Å²) in [5.41, 5.74) is 5.05. The Morgan fingerprint density at radius 3 is 2.80 bits per heavy atom. The van der Waals surface area contributed by atoms with Gasteiger partial charge < -0.3 is 5.73 Å². The van der Waals surface area contributed by atoms with Gasteiger partial charge in [-0.1, -0.05) is 11.6 Å². The summed E-state index contributed by atoms with van der Waals surface area (Å²) in [6, 6.07) is 0. The van der Waals surface area contributed by atoms with Gasteiger partial charge in [0.15, 0.2) is 11.0 Å². The maximum Gasteiger partial charge on any atom is 0.164 e. The Labute approximate surface area is 70.3 Å². The molecule has 0 aliphatic heterocycles. The van der Waals surface area contributed by atoms with Gasteiger partial charge in [0, 0.05) is 6.20 Å². The zero-order valence-electron chi connectivity index (χ0n) is 4.74. The van der Waals surface area contributed by atoms with E-state index < -0.39 is 5.82 Å². The van der Waals surface area contributed by atoms with E-state index in [0.29, 0.717) is 0 Å². The molecule has 5 heteroatoms. The molecule has 0 aromatic carbocycles. The van der Waals surface area contributed by atoms with E-state index in [-0.39, 0.29) is 15.3 Å². The van der Waals surface area contributed by atoms with Crippen molar-refractivity contribution in [2.24, 2.45) is 0 Å². The summed E-state index contributed by atoms with van der Waals surface area (Å²) in [7, 11) is 0. The van der Waals surface area contributed by atoms with Gasteiger partial charge in [0.1, 0.15) is 5.69 Å². The van der Waals surface area contributed by atoms with Crippen LogP contribution in [0.4, 0.5) is 10.1 Å². The lowest BCUT2D eigenvalue weighted by atomic mass is 10.4. The number of rotatable bonds is 0. The molecule has 0 unspecified atom stereocenters. The van der Waals surface area contributed by atoms with E-state index >= 15 is 0 Å². The van der Waals surface area contributed by atoms with Gasteiger partial charge in [-0.15, -0.1) is 0 Å². The largest absolute Gasteiger partial charge is 0.394 e. The van der Waals surface area contributed by atoms with Gasteiger partial charge in [0.05, 0.1) is 4.47 Å². The van der Waals surface area contributed by atoms with E-state index in [4.69, 9.17) is 17.3 Å². The Balaban J connectivity index is 3.34. The highest BCUT2D eigenvalue weighted by molar-refractivity contribution is 9.10. The molecule has 1 aromatic heterocycles. The molecule has 0 radical (unpaired) electrons. The molecule has 1 heterocycles. The molecule has 54 valence electrons. The van der Waals surface area contributed by atoms with Crippen LogP contribution in [0.25, 0.3) is 0 Å². The number of hydrogen-bond acceptors (Lipinski definition) is 2. The van der Waals surface area contributed by atoms with Crippen molar-refractivity contribution in [2.45, 2.75) is 0 Å². The quantitative estimate of drug-likeness (QED) is 0.688. The molecule has 1 rings (SSSR count). The molecule has 0 saturated carbocycles. The summed E-state index contributed by atoms with van der Waals surface area (Å²) >= 11 is 8.29. The zero-order chi connectivity index (χ0) is 7.72. The van der Waals surface area contributed by atoms with Gasteiger partial charge in [0.2, 0.25) is 0 Å². The van der Waals surface area contributed by atoms with Crippen LogP contribution in [0.3, 0.4) is 0 Å². The zero-order valence-corrected chi connectivity index (χ0v) is 7.08. The van der Waals surface area contributed by atoms with Crippen molar-refractivity contribution in [1.29, 1.82) is 0 Å². The van der Waals surface area contributed by atoms with Crippen LogP contribution in [0.1, 0.15) is 0 Å². The Hall–Kier alpha value is -0.350. The van der Waals surface area contributed by atoms with E-state index in [1.165, 1.54) is 6.20 Å². The Bertz CT molecular complexity index is 239. The number of hydrogen-bond donors (Lipinski definition) is 1. The molecule has 1 aromatic rings. The highest BCUT2D eigenvalue weighted by atomic mass is 79.9. The lowest BCUT2D eigenvalue weighted by molar-refractivity contribution is 0.623. The molecule has 0 atom stereocenters. The number of halogens is 3. The van der Waals surface area contributed by atoms with Crippen molar-refractivity contribution in [1.82, 2.24) is 4.98 Å². The summed E-state index contributed by atoms with van der Waals surface area (Å²) < 4.78 is 12.9. The number of pyridine rings is 1. The summed E-state index contributed by atoms with van der Waals surface area (Å²) in [6.07, 6.45) is 1.26. The standard InChI is InChI=1S/C5H3BrClFN2/c6-2-1-10-5(7)4(9)3(2)8/h1H,9H2. The maximum absolute atomic E-state index is 12.7. The van der Waals surface area contributed by atoms with Crippen molar-refractivity contribution in [2.75, 3.05) is 5.73 Å². The first-order chi connectivity index (χ1) is 4.63. The molecule has 0 spiro atoms. The van der Waals surface area contributed by atoms with Crippen molar-refractivity contribution >= 4 is 33.2 Å². The predicted octanol–water partition coefficient (Wildman–Crippen LogP) is 2.22. The van der Waals surface area contributed by atoms with Gasteiger partial charge in [-0.05, 0) is 15.9 Å². The van der Waals surface area contributed by atoms with Crippen LogP contribution in [0.5, 0.6) is 0 Å². The maximum atomic E-state index is 12.7. The van der Waals surface area contributed by atoms with E-state index in [1.54, 1.807) is 0 Å². The van der Waals surface area contributed by atoms with Gasteiger partial charge in [-0.2, -0.15) is 0 Å². The van der Waals surface area contributed by atoms with E-state index in [9.17, 15) is 4.39 Å². The minimum Gasteiger partial charge on any atom is -0.394 e. The summed E-state index contributed by atoms with van der Waals surface area (Å²) in [4.78, 5) is 3.59. The lowest BCUT2D eigenvalue weighted by Crippen LogP contribution is -1.94. The van der Waals surface area contributed by atoms with E-state index in [0.717, 1.165) is 0 Å². The third-order valence-corrected chi connectivity index (χ3v) is 1.81. The van der Waals surface area contributed by atoms with Crippen molar-refractivity contribution < 1.29 is 4.39 Å². The van der Waals surface area contributed by atoms with Crippen molar-refractivity contribution in [3.8, 4) is 0 Å². The first-order valence-corrected chi connectivity index (χ1v) is 3.55. The fraction of sp³-hybridized carbons (Fsp3) is 0. The van der Waals surface area contributed by atoms with E-state index in [1.807, 2.05) is 0 Å². The van der Waals surface area contributed by atoms with Gasteiger partial charge >= 0.3 is 0 Å². The lowest BCUT2D eigenvalue weighted by Gasteiger charge is -1.98. The van der Waals surface area contributed by atoms with Gasteiger partial charge in [0.25, 0.3) is 0 Å². The molecule has 0 saturated heterocycles. The SMILES string of the molecule is Nc1c(Cl)ncc(Br)c1F. The number of nitrogen functional groups attached to an aromatic ring is 1. The molecular weight excluding hydrogens is 222 g/mol. The van der Waals surface area contributed by atoms with Crippen molar-refractivity contribution in [3.05, 3.63) is 21.6 Å². The van der Waals surface area contributed by atoms with Crippen molar-refractivity contribution in [3.63, 3.8) is 0 Å². The van der Waals surface area contributed by atoms with Crippen LogP contribution in [0, 0.1) is 5.82 Å². The molecule has 0 fully saturated rings. The van der Waals surface area contributed by atoms with E-state index in [2.05, 4.69) is 20.9 Å². The Morgan fingerprint density at radius 2 is 2.30 bits per heavy atom. The first kappa shape index (κ1) is 7.75. The highest BCUT2D eigenvalue weighted by Crippen LogP contribution is 2.24. The average molecular weight is 225 g/mol. The number of anilines is 1. The summed E-state index contributed by atoms with van der Waals surface area (Å²) in [5.74, 6) is -0.569. The molecule has 0 bridgehead atoms. The molecule has 2 N–H and O–H groups in total. The predicted molar refractivity (Wildman–Crippen MR) is 41.3 cm³/mol. The normalized spacial score (nSPS) is 9.90. The van der Waals surface area contributed by atoms with Crippen LogP contribution in [0.15, 0.2) is 10.7 Å². The van der Waals surface area contributed by atoms with Crippen LogP contribution in [-0.2, 0) is 0 Å². The topological polar surface area (TPSA) is 38.9 Å². The molecule has 10 heavy (non-hydrogen) atoms. The molecule has 0 aliphatic carbocycles. The second-order valence-corrected chi connectivity index (χ2v) is 2.84. The Morgan fingerprint density at radius 1 is 1.70 bits per heavy atom. The smallest absolute Gasteiger partial charge is 0.164 e. The first-order valence-electron chi connectivity index (χ1n) is 2.38. The highest BCUT2D eigenvalue weighted by Gasteiger charge is 2.07. The second-order valence-electron chi connectivity index (χ2n) is 1.62. The van der Waals surface area contributed by atoms with Crippen LogP contribution in [-0.4, -0.2) is 4.98 Å². The van der Waals surface area contributed by atoms with Crippen LogP contribution in [0.2, 0.25) is 5.15 Å².